The van der Waals surface area contributed by atoms with Crippen molar-refractivity contribution in [1.29, 1.82) is 0 Å². The second-order valence-corrected chi connectivity index (χ2v) is 3.64. The van der Waals surface area contributed by atoms with Gasteiger partial charge in [-0.25, -0.2) is 0 Å². The molecule has 3 nitrogen and oxygen atoms in total. The van der Waals surface area contributed by atoms with Crippen molar-refractivity contribution in [2.75, 3.05) is 5.21 Å². The van der Waals surface area contributed by atoms with Crippen LogP contribution in [0.25, 0.3) is 0 Å². The molecular weight excluding hydrogens is 198 g/mol. The third-order valence-electron chi connectivity index (χ3n) is 1.25. The third kappa shape index (κ3) is 2.39. The smallest absolute Gasteiger partial charge is 0.258 e. The lowest BCUT2D eigenvalue weighted by Gasteiger charge is -1.95. The van der Waals surface area contributed by atoms with Gasteiger partial charge in [-0.05, 0) is 6.07 Å². The molecule has 12 heavy (non-hydrogen) atoms. The Morgan fingerprint density at radius 1 is 1.58 bits per heavy atom. The second kappa shape index (κ2) is 4.33. The first kappa shape index (κ1) is 9.35. The highest BCUT2D eigenvalue weighted by atomic mass is 35.5. The predicted molar refractivity (Wildman–Crippen MR) is 49.7 cm³/mol. The van der Waals surface area contributed by atoms with E-state index in [0.29, 0.717) is 5.21 Å². The Kier molecular flexibility index (Phi) is 3.37. The Morgan fingerprint density at radius 3 is 2.92 bits per heavy atom. The van der Waals surface area contributed by atoms with E-state index in [1.54, 1.807) is 12.1 Å². The van der Waals surface area contributed by atoms with E-state index in [2.05, 4.69) is 0 Å². The molecule has 1 aromatic rings. The number of halogens is 1. The summed E-state index contributed by atoms with van der Waals surface area (Å²) >= 11 is 6.83. The number of nitrogens with zero attached hydrogens (tertiary/aromatic N) is 1. The molecule has 0 heterocycles. The zero-order chi connectivity index (χ0) is 8.97. The Balaban J connectivity index is 2.88. The average molecular weight is 204 g/mol. The molecule has 0 spiro atoms. The molecule has 0 N–H and O–H groups in total. The molecule has 0 amide bonds. The molecule has 0 aliphatic carbocycles. The first-order chi connectivity index (χ1) is 5.74. The topological polar surface area (TPSA) is 43.1 Å². The predicted octanol–water partition coefficient (Wildman–Crippen LogP) is 2.88. The van der Waals surface area contributed by atoms with Crippen LogP contribution in [-0.4, -0.2) is 10.1 Å². The van der Waals surface area contributed by atoms with E-state index in [4.69, 9.17) is 11.6 Å². The Morgan fingerprint density at radius 2 is 2.33 bits per heavy atom. The van der Waals surface area contributed by atoms with Crippen LogP contribution in [0.4, 0.5) is 5.69 Å². The highest BCUT2D eigenvalue weighted by molar-refractivity contribution is 8.00. The van der Waals surface area contributed by atoms with Crippen LogP contribution in [0.2, 0.25) is 0 Å². The molecule has 0 aliphatic rings. The monoisotopic (exact) mass is 203 g/mol. The molecule has 0 aliphatic heterocycles. The summed E-state index contributed by atoms with van der Waals surface area (Å²) < 4.78 is 0. The molecule has 1 aromatic carbocycles. The Labute approximate surface area is 78.9 Å². The number of nitro benzene ring substituents is 1. The fourth-order valence-corrected chi connectivity index (χ4v) is 1.63. The van der Waals surface area contributed by atoms with Crippen LogP contribution in [0.3, 0.4) is 0 Å². The van der Waals surface area contributed by atoms with Crippen molar-refractivity contribution in [2.45, 2.75) is 4.90 Å². The first-order valence-electron chi connectivity index (χ1n) is 3.17. The average Bonchev–Trinajstić information content (AvgIpc) is 2.05. The fourth-order valence-electron chi connectivity index (χ4n) is 0.750. The van der Waals surface area contributed by atoms with Crippen molar-refractivity contribution in [3.63, 3.8) is 0 Å². The largest absolute Gasteiger partial charge is 0.270 e. The summed E-state index contributed by atoms with van der Waals surface area (Å²) in [7, 11) is 0. The number of alkyl halides is 1. The van der Waals surface area contributed by atoms with Crippen molar-refractivity contribution < 1.29 is 4.92 Å². The summed E-state index contributed by atoms with van der Waals surface area (Å²) in [5.74, 6) is 0. The first-order valence-corrected chi connectivity index (χ1v) is 4.69. The highest BCUT2D eigenvalue weighted by Crippen LogP contribution is 2.23. The third-order valence-corrected chi connectivity index (χ3v) is 2.27. The lowest BCUT2D eigenvalue weighted by atomic mass is 10.3. The normalized spacial score (nSPS) is 9.75. The highest BCUT2D eigenvalue weighted by Gasteiger charge is 2.04. The van der Waals surface area contributed by atoms with Gasteiger partial charge in [-0.1, -0.05) is 6.07 Å². The summed E-state index contributed by atoms with van der Waals surface area (Å²) in [4.78, 5) is 10.7. The number of benzene rings is 1. The minimum absolute atomic E-state index is 0.102. The van der Waals surface area contributed by atoms with Crippen molar-refractivity contribution in [1.82, 2.24) is 0 Å². The molecule has 5 heteroatoms. The SMILES string of the molecule is O=[N+]([O-])c1cccc(SCCl)c1. The molecule has 0 saturated carbocycles. The van der Waals surface area contributed by atoms with Gasteiger partial charge in [0.2, 0.25) is 0 Å². The van der Waals surface area contributed by atoms with E-state index in [-0.39, 0.29) is 5.69 Å². The van der Waals surface area contributed by atoms with E-state index in [1.807, 2.05) is 0 Å². The maximum Gasteiger partial charge on any atom is 0.270 e. The number of hydrogen-bond donors (Lipinski definition) is 0. The van der Waals surface area contributed by atoms with Gasteiger partial charge < -0.3 is 0 Å². The van der Waals surface area contributed by atoms with E-state index >= 15 is 0 Å². The van der Waals surface area contributed by atoms with Crippen LogP contribution in [-0.2, 0) is 0 Å². The Hall–Kier alpha value is -0.740. The van der Waals surface area contributed by atoms with Gasteiger partial charge in [0, 0.05) is 17.0 Å². The molecule has 0 atom stereocenters. The molecular formula is C7H6ClNO2S. The van der Waals surface area contributed by atoms with Crippen LogP contribution in [0.1, 0.15) is 0 Å². The zero-order valence-electron chi connectivity index (χ0n) is 6.07. The van der Waals surface area contributed by atoms with Gasteiger partial charge in [0.05, 0.1) is 10.1 Å². The number of thioether (sulfide) groups is 1. The molecule has 64 valence electrons. The van der Waals surface area contributed by atoms with Crippen LogP contribution in [0.5, 0.6) is 0 Å². The summed E-state index contributed by atoms with van der Waals surface area (Å²) in [6.45, 7) is 0. The minimum Gasteiger partial charge on any atom is -0.258 e. The van der Waals surface area contributed by atoms with E-state index < -0.39 is 4.92 Å². The maximum atomic E-state index is 10.3. The Bertz CT molecular complexity index is 292. The number of hydrogen-bond acceptors (Lipinski definition) is 3. The van der Waals surface area contributed by atoms with E-state index in [0.717, 1.165) is 4.90 Å². The van der Waals surface area contributed by atoms with Crippen molar-refractivity contribution >= 4 is 29.1 Å². The summed E-state index contributed by atoms with van der Waals surface area (Å²) in [5.41, 5.74) is 0.102. The van der Waals surface area contributed by atoms with Crippen molar-refractivity contribution in [3.05, 3.63) is 34.4 Å². The van der Waals surface area contributed by atoms with E-state index in [1.165, 1.54) is 23.9 Å². The van der Waals surface area contributed by atoms with Crippen LogP contribution in [0.15, 0.2) is 29.2 Å². The molecule has 0 aromatic heterocycles. The van der Waals surface area contributed by atoms with Gasteiger partial charge >= 0.3 is 0 Å². The molecule has 1 rings (SSSR count). The molecule has 0 saturated heterocycles. The molecule has 0 radical (unpaired) electrons. The minimum atomic E-state index is -0.418. The molecule has 0 fully saturated rings. The van der Waals surface area contributed by atoms with Crippen LogP contribution in [0, 0.1) is 10.1 Å². The number of rotatable bonds is 3. The quantitative estimate of drug-likeness (QED) is 0.328. The summed E-state index contributed by atoms with van der Waals surface area (Å²) in [6.07, 6.45) is 0. The van der Waals surface area contributed by atoms with Crippen molar-refractivity contribution in [3.8, 4) is 0 Å². The maximum absolute atomic E-state index is 10.3. The summed E-state index contributed by atoms with van der Waals surface area (Å²) in [5, 5.41) is 10.7. The number of nitro groups is 1. The van der Waals surface area contributed by atoms with Gasteiger partial charge in [0.1, 0.15) is 0 Å². The summed E-state index contributed by atoms with van der Waals surface area (Å²) in [6, 6.07) is 6.40. The lowest BCUT2D eigenvalue weighted by molar-refractivity contribution is -0.385. The van der Waals surface area contributed by atoms with Crippen LogP contribution >= 0.6 is 23.4 Å². The van der Waals surface area contributed by atoms with Gasteiger partial charge in [0.25, 0.3) is 5.69 Å². The zero-order valence-corrected chi connectivity index (χ0v) is 7.64. The standard InChI is InChI=1S/C7H6ClNO2S/c8-5-12-7-3-1-2-6(4-7)9(10)11/h1-4H,5H2. The van der Waals surface area contributed by atoms with Gasteiger partial charge in [-0.3, -0.25) is 10.1 Å². The second-order valence-electron chi connectivity index (χ2n) is 2.01. The van der Waals surface area contributed by atoms with Gasteiger partial charge in [-0.2, -0.15) is 0 Å². The van der Waals surface area contributed by atoms with Crippen LogP contribution < -0.4 is 0 Å². The fraction of sp³-hybridized carbons (Fsp3) is 0.143. The number of non-ortho nitro benzene ring substituents is 1. The van der Waals surface area contributed by atoms with Gasteiger partial charge in [0.15, 0.2) is 0 Å². The van der Waals surface area contributed by atoms with Crippen molar-refractivity contribution in [2.24, 2.45) is 0 Å². The molecule has 0 bridgehead atoms. The van der Waals surface area contributed by atoms with Gasteiger partial charge in [-0.15, -0.1) is 23.4 Å². The van der Waals surface area contributed by atoms with E-state index in [9.17, 15) is 10.1 Å². The lowest BCUT2D eigenvalue weighted by Crippen LogP contribution is -1.86. The molecule has 0 unspecified atom stereocenters.